The molecule has 0 aliphatic carbocycles. The minimum Gasteiger partial charge on any atom is -0.347 e. The third-order valence-corrected chi connectivity index (χ3v) is 3.78. The van der Waals surface area contributed by atoms with Crippen molar-refractivity contribution >= 4 is 29.3 Å². The summed E-state index contributed by atoms with van der Waals surface area (Å²) in [4.78, 5) is 23.8. The molecule has 2 N–H and O–H groups in total. The molecule has 0 spiro atoms. The van der Waals surface area contributed by atoms with Gasteiger partial charge in [0.05, 0.1) is 18.0 Å². The van der Waals surface area contributed by atoms with Gasteiger partial charge in [0.25, 0.3) is 0 Å². The molecule has 0 saturated carbocycles. The minimum absolute atomic E-state index is 0.242. The van der Waals surface area contributed by atoms with Crippen molar-refractivity contribution < 1.29 is 22.8 Å². The summed E-state index contributed by atoms with van der Waals surface area (Å²) in [5, 5.41) is 4.99. The first-order valence-electron chi connectivity index (χ1n) is 6.86. The van der Waals surface area contributed by atoms with Crippen molar-refractivity contribution in [2.24, 2.45) is 5.41 Å². The second-order valence-electron chi connectivity index (χ2n) is 5.88. The Bertz CT molecular complexity index is 569. The van der Waals surface area contributed by atoms with Crippen LogP contribution in [0.1, 0.15) is 20.8 Å². The highest BCUT2D eigenvalue weighted by atomic mass is 32.2. The van der Waals surface area contributed by atoms with E-state index in [0.29, 0.717) is 16.7 Å². The molecule has 8 heteroatoms. The number of nitrogens with one attached hydrogen (secondary N) is 2. The lowest BCUT2D eigenvalue weighted by atomic mass is 9.96. The smallest absolute Gasteiger partial charge is 0.347 e. The molecule has 0 aliphatic rings. The molecule has 23 heavy (non-hydrogen) atoms. The Morgan fingerprint density at radius 2 is 1.74 bits per heavy atom. The average Bonchev–Trinajstić information content (AvgIpc) is 2.42. The molecule has 0 bridgehead atoms. The molecular weight excluding hydrogens is 329 g/mol. The highest BCUT2D eigenvalue weighted by Crippen LogP contribution is 2.32. The van der Waals surface area contributed by atoms with Crippen LogP contribution in [0.25, 0.3) is 0 Å². The Labute approximate surface area is 137 Å². The monoisotopic (exact) mass is 348 g/mol. The van der Waals surface area contributed by atoms with Crippen molar-refractivity contribution in [2.45, 2.75) is 31.8 Å². The quantitative estimate of drug-likeness (QED) is 0.802. The van der Waals surface area contributed by atoms with E-state index >= 15 is 0 Å². The second kappa shape index (κ2) is 7.72. The fourth-order valence-electron chi connectivity index (χ4n) is 1.48. The minimum atomic E-state index is -4.29. The number of hydrogen-bond acceptors (Lipinski definition) is 3. The van der Waals surface area contributed by atoms with E-state index in [2.05, 4.69) is 10.6 Å². The lowest BCUT2D eigenvalue weighted by Gasteiger charge is -2.17. The molecule has 0 fully saturated rings. The standard InChI is InChI=1S/C15H19F3N2O2S/c1-14(2,3)13(22)19-8-12(21)20-10-6-4-5-7-11(10)23-9-15(16,17)18/h4-7H,8-9H2,1-3H3,(H,19,22)(H,20,21). The summed E-state index contributed by atoms with van der Waals surface area (Å²) in [5.74, 6) is -1.82. The van der Waals surface area contributed by atoms with Gasteiger partial charge < -0.3 is 10.6 Å². The molecule has 1 aromatic carbocycles. The normalized spacial score (nSPS) is 11.9. The zero-order valence-electron chi connectivity index (χ0n) is 13.1. The van der Waals surface area contributed by atoms with Gasteiger partial charge in [-0.25, -0.2) is 0 Å². The number of alkyl halides is 3. The Morgan fingerprint density at radius 3 is 2.30 bits per heavy atom. The van der Waals surface area contributed by atoms with E-state index < -0.39 is 23.3 Å². The average molecular weight is 348 g/mol. The first kappa shape index (κ1) is 19.3. The number of amides is 2. The molecule has 0 atom stereocenters. The number of rotatable bonds is 5. The number of halogens is 3. The summed E-state index contributed by atoms with van der Waals surface area (Å²) in [6.07, 6.45) is -4.29. The summed E-state index contributed by atoms with van der Waals surface area (Å²) < 4.78 is 36.9. The van der Waals surface area contributed by atoms with E-state index in [1.54, 1.807) is 32.9 Å². The van der Waals surface area contributed by atoms with Crippen molar-refractivity contribution in [3.63, 3.8) is 0 Å². The van der Waals surface area contributed by atoms with Crippen LogP contribution in [-0.4, -0.2) is 30.3 Å². The number of benzene rings is 1. The number of carbonyl (C=O) groups excluding carboxylic acids is 2. The Balaban J connectivity index is 2.63. The molecule has 4 nitrogen and oxygen atoms in total. The molecule has 1 rings (SSSR count). The number of anilines is 1. The molecule has 0 heterocycles. The molecule has 1 aromatic rings. The topological polar surface area (TPSA) is 58.2 Å². The summed E-state index contributed by atoms with van der Waals surface area (Å²) in [5.41, 5.74) is -0.336. The van der Waals surface area contributed by atoms with Gasteiger partial charge in [0, 0.05) is 10.3 Å². The number of para-hydroxylation sites is 1. The van der Waals surface area contributed by atoms with Crippen LogP contribution in [-0.2, 0) is 9.59 Å². The van der Waals surface area contributed by atoms with Crippen LogP contribution < -0.4 is 10.6 Å². The van der Waals surface area contributed by atoms with E-state index in [-0.39, 0.29) is 18.1 Å². The van der Waals surface area contributed by atoms with Crippen LogP contribution in [0.5, 0.6) is 0 Å². The molecule has 0 unspecified atom stereocenters. The van der Waals surface area contributed by atoms with Crippen molar-refractivity contribution in [1.29, 1.82) is 0 Å². The van der Waals surface area contributed by atoms with Gasteiger partial charge in [0.15, 0.2) is 0 Å². The molecule has 2 amide bonds. The zero-order chi connectivity index (χ0) is 17.7. The molecular formula is C15H19F3N2O2S. The first-order chi connectivity index (χ1) is 10.5. The van der Waals surface area contributed by atoms with Gasteiger partial charge in [-0.05, 0) is 12.1 Å². The molecule has 0 saturated heterocycles. The van der Waals surface area contributed by atoms with Crippen molar-refractivity contribution in [3.8, 4) is 0 Å². The van der Waals surface area contributed by atoms with Crippen LogP contribution in [0.4, 0.5) is 18.9 Å². The Morgan fingerprint density at radius 1 is 1.13 bits per heavy atom. The van der Waals surface area contributed by atoms with Gasteiger partial charge in [-0.3, -0.25) is 9.59 Å². The van der Waals surface area contributed by atoms with E-state index in [1.165, 1.54) is 12.1 Å². The number of thioether (sulfide) groups is 1. The SMILES string of the molecule is CC(C)(C)C(=O)NCC(=O)Nc1ccccc1SCC(F)(F)F. The Kier molecular flexibility index (Phi) is 6.49. The summed E-state index contributed by atoms with van der Waals surface area (Å²) in [6, 6.07) is 6.22. The summed E-state index contributed by atoms with van der Waals surface area (Å²) >= 11 is 0.598. The predicted octanol–water partition coefficient (Wildman–Crippen LogP) is 3.44. The van der Waals surface area contributed by atoms with E-state index in [4.69, 9.17) is 0 Å². The predicted molar refractivity (Wildman–Crippen MR) is 84.3 cm³/mol. The van der Waals surface area contributed by atoms with Gasteiger partial charge in [0.1, 0.15) is 0 Å². The third-order valence-electron chi connectivity index (χ3n) is 2.64. The third kappa shape index (κ3) is 7.40. The maximum absolute atomic E-state index is 12.3. The van der Waals surface area contributed by atoms with Gasteiger partial charge in [0.2, 0.25) is 11.8 Å². The largest absolute Gasteiger partial charge is 0.398 e. The second-order valence-corrected chi connectivity index (χ2v) is 6.90. The Hall–Kier alpha value is -1.70. The molecule has 0 aliphatic heterocycles. The molecule has 0 aromatic heterocycles. The van der Waals surface area contributed by atoms with Crippen LogP contribution in [0.3, 0.4) is 0 Å². The number of hydrogen-bond donors (Lipinski definition) is 2. The lowest BCUT2D eigenvalue weighted by Crippen LogP contribution is -2.39. The van der Waals surface area contributed by atoms with Crippen molar-refractivity contribution in [1.82, 2.24) is 5.32 Å². The summed E-state index contributed by atoms with van der Waals surface area (Å²) in [7, 11) is 0. The van der Waals surface area contributed by atoms with Crippen molar-refractivity contribution in [3.05, 3.63) is 24.3 Å². The van der Waals surface area contributed by atoms with E-state index in [1.807, 2.05) is 0 Å². The van der Waals surface area contributed by atoms with Crippen LogP contribution in [0.15, 0.2) is 29.2 Å². The maximum Gasteiger partial charge on any atom is 0.398 e. The number of carbonyl (C=O) groups is 2. The summed E-state index contributed by atoms with van der Waals surface area (Å²) in [6.45, 7) is 4.89. The van der Waals surface area contributed by atoms with Gasteiger partial charge in [-0.1, -0.05) is 32.9 Å². The first-order valence-corrected chi connectivity index (χ1v) is 7.84. The van der Waals surface area contributed by atoms with Crippen molar-refractivity contribution in [2.75, 3.05) is 17.6 Å². The zero-order valence-corrected chi connectivity index (χ0v) is 13.9. The van der Waals surface area contributed by atoms with Gasteiger partial charge in [-0.2, -0.15) is 13.2 Å². The fraction of sp³-hybridized carbons (Fsp3) is 0.467. The fourth-order valence-corrected chi connectivity index (χ4v) is 2.24. The molecule has 128 valence electrons. The van der Waals surface area contributed by atoms with E-state index in [0.717, 1.165) is 0 Å². The highest BCUT2D eigenvalue weighted by Gasteiger charge is 2.27. The highest BCUT2D eigenvalue weighted by molar-refractivity contribution is 7.99. The van der Waals surface area contributed by atoms with E-state index in [9.17, 15) is 22.8 Å². The van der Waals surface area contributed by atoms with Gasteiger partial charge in [-0.15, -0.1) is 11.8 Å². The van der Waals surface area contributed by atoms with Crippen LogP contribution >= 0.6 is 11.8 Å². The van der Waals surface area contributed by atoms with Crippen LogP contribution in [0, 0.1) is 5.41 Å². The molecule has 0 radical (unpaired) electrons. The van der Waals surface area contributed by atoms with Gasteiger partial charge >= 0.3 is 6.18 Å². The lowest BCUT2D eigenvalue weighted by molar-refractivity contribution is -0.130. The van der Waals surface area contributed by atoms with Crippen LogP contribution in [0.2, 0.25) is 0 Å². The maximum atomic E-state index is 12.3.